The van der Waals surface area contributed by atoms with Crippen LogP contribution in [0.3, 0.4) is 0 Å². The van der Waals surface area contributed by atoms with E-state index in [-0.39, 0.29) is 24.8 Å². The van der Waals surface area contributed by atoms with E-state index in [0.29, 0.717) is 17.7 Å². The van der Waals surface area contributed by atoms with Crippen LogP contribution in [-0.4, -0.2) is 61.0 Å². The van der Waals surface area contributed by atoms with E-state index < -0.39 is 0 Å². The van der Waals surface area contributed by atoms with Crippen molar-refractivity contribution in [3.8, 4) is 0 Å². The van der Waals surface area contributed by atoms with Gasteiger partial charge in [-0.2, -0.15) is 0 Å². The fraction of sp³-hybridized carbons (Fsp3) is 0.947. The lowest BCUT2D eigenvalue weighted by Crippen LogP contribution is -2.48. The molecule has 3 aliphatic heterocycles. The molecule has 148 valence electrons. The first kappa shape index (κ1) is 23.0. The van der Waals surface area contributed by atoms with Crippen LogP contribution in [-0.2, 0) is 4.79 Å². The first-order valence-electron chi connectivity index (χ1n) is 9.96. The van der Waals surface area contributed by atoms with Gasteiger partial charge in [-0.15, -0.1) is 24.8 Å². The fourth-order valence-electron chi connectivity index (χ4n) is 4.70. The first-order chi connectivity index (χ1) is 11.2. The molecule has 1 N–H and O–H groups in total. The SMILES string of the molecule is CC(CC(=O)N1CCC(N2CCCCC2)CC1)C1CCCNC1.Cl.Cl. The number of hydrogen-bond acceptors (Lipinski definition) is 3. The van der Waals surface area contributed by atoms with Gasteiger partial charge in [0.05, 0.1) is 0 Å². The Labute approximate surface area is 166 Å². The van der Waals surface area contributed by atoms with Crippen molar-refractivity contribution in [1.82, 2.24) is 15.1 Å². The minimum atomic E-state index is 0. The highest BCUT2D eigenvalue weighted by Crippen LogP contribution is 2.25. The first-order valence-corrected chi connectivity index (χ1v) is 9.96. The van der Waals surface area contributed by atoms with Gasteiger partial charge in [0, 0.05) is 25.6 Å². The van der Waals surface area contributed by atoms with Crippen molar-refractivity contribution in [2.45, 2.75) is 64.3 Å². The van der Waals surface area contributed by atoms with E-state index in [4.69, 9.17) is 0 Å². The summed E-state index contributed by atoms with van der Waals surface area (Å²) in [7, 11) is 0. The zero-order chi connectivity index (χ0) is 16.1. The molecule has 2 atom stereocenters. The summed E-state index contributed by atoms with van der Waals surface area (Å²) in [5.41, 5.74) is 0. The van der Waals surface area contributed by atoms with Crippen molar-refractivity contribution in [2.24, 2.45) is 11.8 Å². The quantitative estimate of drug-likeness (QED) is 0.795. The van der Waals surface area contributed by atoms with E-state index in [0.717, 1.165) is 38.6 Å². The van der Waals surface area contributed by atoms with E-state index in [1.807, 2.05) is 0 Å². The van der Waals surface area contributed by atoms with Gasteiger partial charge in [-0.25, -0.2) is 0 Å². The Balaban J connectivity index is 0.00000156. The molecule has 0 aromatic carbocycles. The summed E-state index contributed by atoms with van der Waals surface area (Å²) in [4.78, 5) is 17.5. The molecule has 0 aliphatic carbocycles. The molecule has 6 heteroatoms. The molecule has 2 unspecified atom stereocenters. The molecule has 4 nitrogen and oxygen atoms in total. The predicted octanol–water partition coefficient (Wildman–Crippen LogP) is 3.33. The zero-order valence-electron chi connectivity index (χ0n) is 15.8. The van der Waals surface area contributed by atoms with Crippen molar-refractivity contribution in [3.05, 3.63) is 0 Å². The monoisotopic (exact) mass is 393 g/mol. The Morgan fingerprint density at radius 3 is 2.28 bits per heavy atom. The average molecular weight is 394 g/mol. The van der Waals surface area contributed by atoms with Crippen LogP contribution < -0.4 is 5.32 Å². The van der Waals surface area contributed by atoms with E-state index in [9.17, 15) is 4.79 Å². The van der Waals surface area contributed by atoms with Gasteiger partial charge in [-0.1, -0.05) is 13.3 Å². The van der Waals surface area contributed by atoms with E-state index in [1.165, 1.54) is 58.0 Å². The Kier molecular flexibility index (Phi) is 10.7. The molecule has 3 fully saturated rings. The highest BCUT2D eigenvalue weighted by Gasteiger charge is 2.29. The maximum absolute atomic E-state index is 12.6. The third kappa shape index (κ3) is 6.57. The molecule has 3 aliphatic rings. The number of rotatable bonds is 4. The second kappa shape index (κ2) is 11.6. The molecule has 0 bridgehead atoms. The van der Waals surface area contributed by atoms with Crippen molar-refractivity contribution in [3.63, 3.8) is 0 Å². The highest BCUT2D eigenvalue weighted by molar-refractivity contribution is 5.85. The molecule has 0 aromatic heterocycles. The third-order valence-electron chi connectivity index (χ3n) is 6.36. The van der Waals surface area contributed by atoms with Gasteiger partial charge in [0.25, 0.3) is 0 Å². The number of nitrogens with one attached hydrogen (secondary N) is 1. The van der Waals surface area contributed by atoms with Crippen LogP contribution in [0.2, 0.25) is 0 Å². The normalized spacial score (nSPS) is 27.1. The summed E-state index contributed by atoms with van der Waals surface area (Å²) in [6, 6.07) is 0.735. The summed E-state index contributed by atoms with van der Waals surface area (Å²) in [5.74, 6) is 1.62. The lowest BCUT2D eigenvalue weighted by atomic mass is 9.85. The van der Waals surface area contributed by atoms with Gasteiger partial charge in [0.2, 0.25) is 5.91 Å². The van der Waals surface area contributed by atoms with Crippen molar-refractivity contribution >= 4 is 30.7 Å². The maximum atomic E-state index is 12.6. The molecule has 3 heterocycles. The van der Waals surface area contributed by atoms with Gasteiger partial charge in [0.1, 0.15) is 0 Å². The summed E-state index contributed by atoms with van der Waals surface area (Å²) >= 11 is 0. The maximum Gasteiger partial charge on any atom is 0.222 e. The highest BCUT2D eigenvalue weighted by atomic mass is 35.5. The summed E-state index contributed by atoms with van der Waals surface area (Å²) in [6.07, 6.45) is 9.82. The van der Waals surface area contributed by atoms with Gasteiger partial charge < -0.3 is 15.1 Å². The fourth-order valence-corrected chi connectivity index (χ4v) is 4.70. The molecular formula is C19H37Cl2N3O. The van der Waals surface area contributed by atoms with Crippen LogP contribution in [0.4, 0.5) is 0 Å². The zero-order valence-corrected chi connectivity index (χ0v) is 17.4. The smallest absolute Gasteiger partial charge is 0.222 e. The Morgan fingerprint density at radius 1 is 1.00 bits per heavy atom. The van der Waals surface area contributed by atoms with E-state index >= 15 is 0 Å². The molecule has 25 heavy (non-hydrogen) atoms. The molecule has 1 amide bonds. The van der Waals surface area contributed by atoms with Crippen LogP contribution in [0.5, 0.6) is 0 Å². The number of carbonyl (C=O) groups is 1. The van der Waals surface area contributed by atoms with Crippen molar-refractivity contribution in [1.29, 1.82) is 0 Å². The summed E-state index contributed by atoms with van der Waals surface area (Å²) < 4.78 is 0. The number of likely N-dealkylation sites (tertiary alicyclic amines) is 2. The molecule has 3 saturated heterocycles. The molecular weight excluding hydrogens is 357 g/mol. The number of piperidine rings is 3. The van der Waals surface area contributed by atoms with Gasteiger partial charge in [-0.05, 0) is 76.5 Å². The van der Waals surface area contributed by atoms with E-state index in [2.05, 4.69) is 22.0 Å². The Bertz CT molecular complexity index is 377. The number of halogens is 2. The molecule has 3 rings (SSSR count). The van der Waals surface area contributed by atoms with Crippen LogP contribution in [0.1, 0.15) is 58.3 Å². The van der Waals surface area contributed by atoms with Crippen LogP contribution in [0, 0.1) is 11.8 Å². The van der Waals surface area contributed by atoms with Crippen molar-refractivity contribution in [2.75, 3.05) is 39.3 Å². The number of carbonyl (C=O) groups excluding carboxylic acids is 1. The van der Waals surface area contributed by atoms with Crippen molar-refractivity contribution < 1.29 is 4.79 Å². The lowest BCUT2D eigenvalue weighted by Gasteiger charge is -2.40. The minimum absolute atomic E-state index is 0. The third-order valence-corrected chi connectivity index (χ3v) is 6.36. The van der Waals surface area contributed by atoms with Gasteiger partial charge >= 0.3 is 0 Å². The number of hydrogen-bond donors (Lipinski definition) is 1. The van der Waals surface area contributed by atoms with Crippen LogP contribution >= 0.6 is 24.8 Å². The molecule has 0 aromatic rings. The van der Waals surface area contributed by atoms with Gasteiger partial charge in [-0.3, -0.25) is 4.79 Å². The van der Waals surface area contributed by atoms with Gasteiger partial charge in [0.15, 0.2) is 0 Å². The lowest BCUT2D eigenvalue weighted by molar-refractivity contribution is -0.134. The minimum Gasteiger partial charge on any atom is -0.343 e. The summed E-state index contributed by atoms with van der Waals surface area (Å²) in [6.45, 7) is 9.06. The largest absolute Gasteiger partial charge is 0.343 e. The second-order valence-corrected chi connectivity index (χ2v) is 8.00. The molecule has 0 radical (unpaired) electrons. The predicted molar refractivity (Wildman–Crippen MR) is 109 cm³/mol. The summed E-state index contributed by atoms with van der Waals surface area (Å²) in [5, 5.41) is 3.48. The Hall–Kier alpha value is -0.0300. The topological polar surface area (TPSA) is 35.6 Å². The van der Waals surface area contributed by atoms with Crippen LogP contribution in [0.25, 0.3) is 0 Å². The number of nitrogens with zero attached hydrogens (tertiary/aromatic N) is 2. The van der Waals surface area contributed by atoms with E-state index in [1.54, 1.807) is 0 Å². The molecule has 0 spiro atoms. The molecule has 0 saturated carbocycles. The van der Waals surface area contributed by atoms with Crippen LogP contribution in [0.15, 0.2) is 0 Å². The Morgan fingerprint density at radius 2 is 1.68 bits per heavy atom. The second-order valence-electron chi connectivity index (χ2n) is 8.00. The average Bonchev–Trinajstić information content (AvgIpc) is 2.63. The number of amides is 1. The standard InChI is InChI=1S/C19H35N3O.2ClH/c1-16(17-6-5-9-20-15-17)14-19(23)22-12-7-18(8-13-22)21-10-3-2-4-11-21;;/h16-18,20H,2-15H2,1H3;2*1H.